The minimum Gasteiger partial charge on any atom is -0.478 e. The number of likely N-dealkylation sites (N-methyl/N-ethyl adjacent to an activating group) is 1. The van der Waals surface area contributed by atoms with Crippen molar-refractivity contribution in [2.75, 3.05) is 13.1 Å². The van der Waals surface area contributed by atoms with E-state index in [0.717, 1.165) is 19.2 Å². The molecule has 0 spiro atoms. The summed E-state index contributed by atoms with van der Waals surface area (Å²) in [5.74, 6) is -2.84. The first kappa shape index (κ1) is 13.9. The molecule has 2 heterocycles. The van der Waals surface area contributed by atoms with Gasteiger partial charge < -0.3 is 5.11 Å². The minimum absolute atomic E-state index is 0.0635. The first-order chi connectivity index (χ1) is 10.0. The number of benzene rings is 1. The van der Waals surface area contributed by atoms with E-state index in [1.807, 2.05) is 6.92 Å². The molecule has 110 valence electrons. The lowest BCUT2D eigenvalue weighted by molar-refractivity contribution is 0.0695. The lowest BCUT2D eigenvalue weighted by Gasteiger charge is -2.28. The van der Waals surface area contributed by atoms with Crippen LogP contribution in [-0.2, 0) is 13.0 Å². The van der Waals surface area contributed by atoms with E-state index < -0.39 is 17.6 Å². The molecular formula is C15H14F2N2O2. The summed E-state index contributed by atoms with van der Waals surface area (Å²) in [6, 6.07) is 1.78. The molecule has 4 nitrogen and oxygen atoms in total. The Labute approximate surface area is 120 Å². The van der Waals surface area contributed by atoms with E-state index >= 15 is 0 Å². The molecule has 1 N–H and O–H groups in total. The normalized spacial score (nSPS) is 15.2. The van der Waals surface area contributed by atoms with Crippen molar-refractivity contribution in [3.8, 4) is 0 Å². The number of carboxylic acids is 1. The highest BCUT2D eigenvalue weighted by molar-refractivity contribution is 6.04. The lowest BCUT2D eigenvalue weighted by atomic mass is 9.95. The zero-order chi connectivity index (χ0) is 15.1. The summed E-state index contributed by atoms with van der Waals surface area (Å²) in [6.45, 7) is 3.95. The maximum absolute atomic E-state index is 14.1. The summed E-state index contributed by atoms with van der Waals surface area (Å²) in [6.07, 6.45) is 0.581. The Morgan fingerprint density at radius 1 is 1.43 bits per heavy atom. The summed E-state index contributed by atoms with van der Waals surface area (Å²) in [7, 11) is 0. The van der Waals surface area contributed by atoms with Crippen molar-refractivity contribution in [3.05, 3.63) is 40.6 Å². The molecule has 0 amide bonds. The van der Waals surface area contributed by atoms with Gasteiger partial charge in [0.2, 0.25) is 0 Å². The van der Waals surface area contributed by atoms with Gasteiger partial charge in [0.15, 0.2) is 0 Å². The number of nitrogens with zero attached hydrogens (tertiary/aromatic N) is 2. The van der Waals surface area contributed by atoms with Crippen LogP contribution < -0.4 is 0 Å². The van der Waals surface area contributed by atoms with E-state index in [-0.39, 0.29) is 16.5 Å². The van der Waals surface area contributed by atoms with Crippen molar-refractivity contribution in [2.24, 2.45) is 0 Å². The molecule has 1 aromatic heterocycles. The largest absolute Gasteiger partial charge is 0.478 e. The number of carbonyl (C=O) groups is 1. The number of aromatic nitrogens is 1. The highest BCUT2D eigenvalue weighted by Crippen LogP contribution is 2.30. The number of fused-ring (bicyclic) bond motifs is 2. The van der Waals surface area contributed by atoms with Gasteiger partial charge in [-0.05, 0) is 6.54 Å². The van der Waals surface area contributed by atoms with Crippen LogP contribution in [0.25, 0.3) is 10.9 Å². The molecule has 6 heteroatoms. The fourth-order valence-electron chi connectivity index (χ4n) is 2.85. The smallest absolute Gasteiger partial charge is 0.336 e. The van der Waals surface area contributed by atoms with E-state index in [1.165, 1.54) is 0 Å². The number of pyridine rings is 1. The third-order valence-electron chi connectivity index (χ3n) is 3.90. The van der Waals surface area contributed by atoms with Crippen LogP contribution in [0.1, 0.15) is 28.5 Å². The maximum atomic E-state index is 14.1. The van der Waals surface area contributed by atoms with Gasteiger partial charge in [0.1, 0.15) is 11.6 Å². The topological polar surface area (TPSA) is 53.4 Å². The second-order valence-corrected chi connectivity index (χ2v) is 5.12. The van der Waals surface area contributed by atoms with Crippen molar-refractivity contribution < 1.29 is 18.7 Å². The van der Waals surface area contributed by atoms with Crippen molar-refractivity contribution in [3.63, 3.8) is 0 Å². The van der Waals surface area contributed by atoms with Crippen molar-refractivity contribution in [2.45, 2.75) is 19.9 Å². The number of aromatic carboxylic acids is 1. The number of rotatable bonds is 2. The van der Waals surface area contributed by atoms with Crippen LogP contribution in [0.15, 0.2) is 12.1 Å². The summed E-state index contributed by atoms with van der Waals surface area (Å²) < 4.78 is 27.4. The van der Waals surface area contributed by atoms with Crippen LogP contribution in [0.5, 0.6) is 0 Å². The molecule has 0 atom stereocenters. The molecule has 0 unspecified atom stereocenters. The van der Waals surface area contributed by atoms with Gasteiger partial charge in [-0.2, -0.15) is 0 Å². The third kappa shape index (κ3) is 2.25. The van der Waals surface area contributed by atoms with Crippen LogP contribution in [0.4, 0.5) is 8.78 Å². The molecule has 0 bridgehead atoms. The van der Waals surface area contributed by atoms with E-state index in [0.29, 0.717) is 30.3 Å². The quantitative estimate of drug-likeness (QED) is 0.924. The molecule has 0 saturated heterocycles. The van der Waals surface area contributed by atoms with Gasteiger partial charge in [0.25, 0.3) is 0 Å². The van der Waals surface area contributed by atoms with Gasteiger partial charge >= 0.3 is 5.97 Å². The van der Waals surface area contributed by atoms with E-state index in [4.69, 9.17) is 0 Å². The number of carboxylic acid groups (broad SMARTS) is 1. The van der Waals surface area contributed by atoms with Gasteiger partial charge in [0, 0.05) is 42.9 Å². The first-order valence-corrected chi connectivity index (χ1v) is 6.77. The standard InChI is InChI=1S/C15H14F2N2O2/c1-2-19-4-3-11-9(7-19)13(15(20)21)14-10(17)5-8(16)6-12(14)18-11/h5-6H,2-4,7H2,1H3,(H,20,21). The SMILES string of the molecule is CCN1CCc2nc3cc(F)cc(F)c3c(C(=O)O)c2C1. The predicted molar refractivity (Wildman–Crippen MR) is 73.3 cm³/mol. The van der Waals surface area contributed by atoms with Crippen molar-refractivity contribution in [1.82, 2.24) is 9.88 Å². The van der Waals surface area contributed by atoms with Crippen molar-refractivity contribution in [1.29, 1.82) is 0 Å². The number of hydrogen-bond donors (Lipinski definition) is 1. The molecule has 3 rings (SSSR count). The molecule has 1 aliphatic heterocycles. The third-order valence-corrected chi connectivity index (χ3v) is 3.90. The second kappa shape index (κ2) is 5.04. The minimum atomic E-state index is -1.21. The predicted octanol–water partition coefficient (Wildman–Crippen LogP) is 2.59. The Morgan fingerprint density at radius 2 is 2.19 bits per heavy atom. The molecular weight excluding hydrogens is 278 g/mol. The molecule has 21 heavy (non-hydrogen) atoms. The highest BCUT2D eigenvalue weighted by Gasteiger charge is 2.26. The van der Waals surface area contributed by atoms with Gasteiger partial charge in [0.05, 0.1) is 16.5 Å². The average molecular weight is 292 g/mol. The fraction of sp³-hybridized carbons (Fsp3) is 0.333. The van der Waals surface area contributed by atoms with E-state index in [9.17, 15) is 18.7 Å². The van der Waals surface area contributed by atoms with Crippen molar-refractivity contribution >= 4 is 16.9 Å². The Hall–Kier alpha value is -2.08. The summed E-state index contributed by atoms with van der Waals surface area (Å²) in [4.78, 5) is 18.0. The second-order valence-electron chi connectivity index (χ2n) is 5.12. The van der Waals surface area contributed by atoms with Gasteiger partial charge in [-0.15, -0.1) is 0 Å². The number of halogens is 2. The van der Waals surface area contributed by atoms with Gasteiger partial charge in [-0.1, -0.05) is 6.92 Å². The molecule has 0 saturated carbocycles. The van der Waals surface area contributed by atoms with Gasteiger partial charge in [-0.3, -0.25) is 9.88 Å². The van der Waals surface area contributed by atoms with E-state index in [2.05, 4.69) is 9.88 Å². The maximum Gasteiger partial charge on any atom is 0.336 e. The fourth-order valence-corrected chi connectivity index (χ4v) is 2.85. The molecule has 2 aromatic rings. The Bertz CT molecular complexity index is 746. The number of hydrogen-bond acceptors (Lipinski definition) is 3. The van der Waals surface area contributed by atoms with E-state index in [1.54, 1.807) is 0 Å². The molecule has 0 radical (unpaired) electrons. The molecule has 1 aromatic carbocycles. The summed E-state index contributed by atoms with van der Waals surface area (Å²) in [5.41, 5.74) is 1.13. The molecule has 0 fully saturated rings. The van der Waals surface area contributed by atoms with Crippen LogP contribution in [0, 0.1) is 11.6 Å². The van der Waals surface area contributed by atoms with Crippen LogP contribution in [-0.4, -0.2) is 34.0 Å². The Kier molecular flexibility index (Phi) is 3.33. The Morgan fingerprint density at radius 3 is 2.86 bits per heavy atom. The average Bonchev–Trinajstić information content (AvgIpc) is 2.43. The zero-order valence-corrected chi connectivity index (χ0v) is 11.5. The molecule has 0 aliphatic carbocycles. The lowest BCUT2D eigenvalue weighted by Crippen LogP contribution is -2.32. The summed E-state index contributed by atoms with van der Waals surface area (Å²) >= 11 is 0. The Balaban J connectivity index is 2.35. The summed E-state index contributed by atoms with van der Waals surface area (Å²) in [5, 5.41) is 9.37. The van der Waals surface area contributed by atoms with Crippen LogP contribution >= 0.6 is 0 Å². The van der Waals surface area contributed by atoms with Crippen LogP contribution in [0.3, 0.4) is 0 Å². The molecule has 1 aliphatic rings. The van der Waals surface area contributed by atoms with Gasteiger partial charge in [-0.25, -0.2) is 13.6 Å². The zero-order valence-electron chi connectivity index (χ0n) is 11.5. The highest BCUT2D eigenvalue weighted by atomic mass is 19.1. The monoisotopic (exact) mass is 292 g/mol. The first-order valence-electron chi connectivity index (χ1n) is 6.77. The van der Waals surface area contributed by atoms with Crippen LogP contribution in [0.2, 0.25) is 0 Å².